The Morgan fingerprint density at radius 2 is 2.11 bits per heavy atom. The van der Waals surface area contributed by atoms with E-state index in [9.17, 15) is 9.90 Å². The molecule has 9 heteroatoms. The van der Waals surface area contributed by atoms with Crippen LogP contribution in [0, 0.1) is 6.92 Å². The SMILES string of the molecule is Cc1ccc(Nc2nc(-c3cc(C(=O)Nc4ccccn4)no3)cs2)c(O)c1. The summed E-state index contributed by atoms with van der Waals surface area (Å²) in [6, 6.07) is 12.1. The Kier molecular flexibility index (Phi) is 4.73. The number of hydrogen-bond donors (Lipinski definition) is 3. The minimum Gasteiger partial charge on any atom is -0.506 e. The predicted octanol–water partition coefficient (Wildman–Crippen LogP) is 4.20. The van der Waals surface area contributed by atoms with E-state index in [1.54, 1.807) is 41.9 Å². The minimum atomic E-state index is -0.424. The van der Waals surface area contributed by atoms with Gasteiger partial charge >= 0.3 is 0 Å². The van der Waals surface area contributed by atoms with Crippen LogP contribution >= 0.6 is 11.3 Å². The van der Waals surface area contributed by atoms with Crippen molar-refractivity contribution in [3.05, 3.63) is 65.3 Å². The van der Waals surface area contributed by atoms with Gasteiger partial charge in [-0.15, -0.1) is 11.3 Å². The second-order valence-corrected chi connectivity index (χ2v) is 6.79. The number of amides is 1. The number of carbonyl (C=O) groups is 1. The van der Waals surface area contributed by atoms with Crippen molar-refractivity contribution in [1.82, 2.24) is 15.1 Å². The smallest absolute Gasteiger partial charge is 0.279 e. The normalized spacial score (nSPS) is 10.6. The molecule has 140 valence electrons. The molecule has 0 aliphatic rings. The molecule has 0 radical (unpaired) electrons. The number of nitrogens with one attached hydrogen (secondary N) is 2. The molecule has 4 rings (SSSR count). The fourth-order valence-corrected chi connectivity index (χ4v) is 3.14. The highest BCUT2D eigenvalue weighted by atomic mass is 32.1. The molecular weight excluding hydrogens is 378 g/mol. The Bertz CT molecular complexity index is 1120. The molecule has 3 N–H and O–H groups in total. The van der Waals surface area contributed by atoms with Gasteiger partial charge in [-0.2, -0.15) is 0 Å². The first kappa shape index (κ1) is 17.7. The average Bonchev–Trinajstić information content (AvgIpc) is 3.34. The lowest BCUT2D eigenvalue weighted by molar-refractivity contribution is 0.101. The van der Waals surface area contributed by atoms with E-state index in [1.807, 2.05) is 13.0 Å². The van der Waals surface area contributed by atoms with Gasteiger partial charge in [0.25, 0.3) is 5.91 Å². The molecule has 0 unspecified atom stereocenters. The molecule has 0 aliphatic heterocycles. The molecule has 0 saturated heterocycles. The number of benzene rings is 1. The molecule has 0 fully saturated rings. The Hall–Kier alpha value is -3.72. The summed E-state index contributed by atoms with van der Waals surface area (Å²) in [7, 11) is 0. The quantitative estimate of drug-likeness (QED) is 0.435. The van der Waals surface area contributed by atoms with Crippen molar-refractivity contribution < 1.29 is 14.4 Å². The van der Waals surface area contributed by atoms with E-state index in [0.29, 0.717) is 28.1 Å². The molecular formula is C19H15N5O3S. The highest BCUT2D eigenvalue weighted by molar-refractivity contribution is 7.14. The van der Waals surface area contributed by atoms with E-state index in [0.717, 1.165) is 5.56 Å². The average molecular weight is 393 g/mol. The summed E-state index contributed by atoms with van der Waals surface area (Å²) in [5.41, 5.74) is 2.17. The number of pyridine rings is 1. The highest BCUT2D eigenvalue weighted by Crippen LogP contribution is 2.31. The van der Waals surface area contributed by atoms with Crippen LogP contribution < -0.4 is 10.6 Å². The fourth-order valence-electron chi connectivity index (χ4n) is 2.43. The molecule has 1 amide bonds. The van der Waals surface area contributed by atoms with Gasteiger partial charge in [-0.05, 0) is 36.8 Å². The van der Waals surface area contributed by atoms with Crippen LogP contribution in [0.1, 0.15) is 16.1 Å². The number of nitrogens with zero attached hydrogens (tertiary/aromatic N) is 3. The molecule has 0 spiro atoms. The third-order valence-corrected chi connectivity index (χ3v) is 4.56. The number of aryl methyl sites for hydroxylation is 1. The Morgan fingerprint density at radius 1 is 1.21 bits per heavy atom. The molecule has 1 aromatic carbocycles. The van der Waals surface area contributed by atoms with Crippen LogP contribution in [0.15, 0.2) is 58.6 Å². The number of phenolic OH excluding ortho intramolecular Hbond substituents is 1. The maximum Gasteiger partial charge on any atom is 0.279 e. The predicted molar refractivity (Wildman–Crippen MR) is 106 cm³/mol. The van der Waals surface area contributed by atoms with Gasteiger partial charge in [0.1, 0.15) is 17.3 Å². The lowest BCUT2D eigenvalue weighted by Crippen LogP contribution is -2.12. The van der Waals surface area contributed by atoms with Crippen molar-refractivity contribution in [2.45, 2.75) is 6.92 Å². The largest absolute Gasteiger partial charge is 0.506 e. The summed E-state index contributed by atoms with van der Waals surface area (Å²) in [4.78, 5) is 20.7. The van der Waals surface area contributed by atoms with E-state index in [-0.39, 0.29) is 11.4 Å². The molecule has 0 bridgehead atoms. The van der Waals surface area contributed by atoms with Crippen molar-refractivity contribution in [2.24, 2.45) is 0 Å². The molecule has 28 heavy (non-hydrogen) atoms. The Labute approximate surface area is 163 Å². The second-order valence-electron chi connectivity index (χ2n) is 5.93. The van der Waals surface area contributed by atoms with Crippen molar-refractivity contribution >= 4 is 33.9 Å². The number of thiazole rings is 1. The van der Waals surface area contributed by atoms with E-state index in [1.165, 1.54) is 17.4 Å². The van der Waals surface area contributed by atoms with E-state index >= 15 is 0 Å². The van der Waals surface area contributed by atoms with Crippen LogP contribution in [0.4, 0.5) is 16.6 Å². The maximum atomic E-state index is 12.2. The fraction of sp³-hybridized carbons (Fsp3) is 0.0526. The summed E-state index contributed by atoms with van der Waals surface area (Å²) < 4.78 is 5.25. The van der Waals surface area contributed by atoms with Crippen molar-refractivity contribution in [3.8, 4) is 17.2 Å². The summed E-state index contributed by atoms with van der Waals surface area (Å²) in [5.74, 6) is 0.510. The van der Waals surface area contributed by atoms with Crippen LogP contribution in [0.25, 0.3) is 11.5 Å². The zero-order valence-electron chi connectivity index (χ0n) is 14.7. The molecule has 3 aromatic heterocycles. The van der Waals surface area contributed by atoms with Crippen LogP contribution in [-0.4, -0.2) is 26.1 Å². The lowest BCUT2D eigenvalue weighted by Gasteiger charge is -2.05. The summed E-state index contributed by atoms with van der Waals surface area (Å²) in [6.45, 7) is 1.90. The molecule has 0 saturated carbocycles. The van der Waals surface area contributed by atoms with Crippen molar-refractivity contribution in [3.63, 3.8) is 0 Å². The molecule has 0 aliphatic carbocycles. The van der Waals surface area contributed by atoms with Crippen molar-refractivity contribution in [2.75, 3.05) is 10.6 Å². The maximum absolute atomic E-state index is 12.2. The van der Waals surface area contributed by atoms with Crippen LogP contribution in [0.2, 0.25) is 0 Å². The first-order chi connectivity index (χ1) is 13.6. The van der Waals surface area contributed by atoms with Crippen LogP contribution in [0.3, 0.4) is 0 Å². The zero-order chi connectivity index (χ0) is 19.5. The molecule has 8 nitrogen and oxygen atoms in total. The van der Waals surface area contributed by atoms with Gasteiger partial charge in [0.15, 0.2) is 16.6 Å². The van der Waals surface area contributed by atoms with Gasteiger partial charge in [-0.25, -0.2) is 9.97 Å². The number of rotatable bonds is 5. The van der Waals surface area contributed by atoms with Gasteiger partial charge in [0.05, 0.1) is 5.69 Å². The summed E-state index contributed by atoms with van der Waals surface area (Å²) in [6.07, 6.45) is 1.58. The zero-order valence-corrected chi connectivity index (χ0v) is 15.5. The number of carbonyl (C=O) groups excluding carboxylic acids is 1. The monoisotopic (exact) mass is 393 g/mol. The number of aromatic nitrogens is 3. The first-order valence-electron chi connectivity index (χ1n) is 8.30. The van der Waals surface area contributed by atoms with Gasteiger partial charge < -0.3 is 20.3 Å². The topological polar surface area (TPSA) is 113 Å². The van der Waals surface area contributed by atoms with E-state index in [4.69, 9.17) is 4.52 Å². The number of phenols is 1. The number of hydrogen-bond acceptors (Lipinski definition) is 8. The standard InChI is InChI=1S/C19H15N5O3S/c1-11-5-6-12(15(25)8-11)21-19-22-14(10-28-19)16-9-13(24-27-16)18(26)23-17-4-2-3-7-20-17/h2-10,25H,1H3,(H,21,22)(H,20,23,26). The third-order valence-electron chi connectivity index (χ3n) is 3.80. The summed E-state index contributed by atoms with van der Waals surface area (Å²) >= 11 is 1.34. The highest BCUT2D eigenvalue weighted by Gasteiger charge is 2.16. The Morgan fingerprint density at radius 3 is 2.89 bits per heavy atom. The molecule has 4 aromatic rings. The lowest BCUT2D eigenvalue weighted by atomic mass is 10.2. The minimum absolute atomic E-state index is 0.124. The molecule has 3 heterocycles. The third kappa shape index (κ3) is 3.84. The second kappa shape index (κ2) is 7.49. The van der Waals surface area contributed by atoms with E-state index < -0.39 is 5.91 Å². The van der Waals surface area contributed by atoms with Gasteiger partial charge in [-0.3, -0.25) is 4.79 Å². The van der Waals surface area contributed by atoms with Crippen LogP contribution in [0.5, 0.6) is 5.75 Å². The van der Waals surface area contributed by atoms with Gasteiger partial charge in [0, 0.05) is 17.6 Å². The van der Waals surface area contributed by atoms with Crippen molar-refractivity contribution in [1.29, 1.82) is 0 Å². The summed E-state index contributed by atoms with van der Waals surface area (Å²) in [5, 5.41) is 21.8. The van der Waals surface area contributed by atoms with E-state index in [2.05, 4.69) is 25.8 Å². The number of aromatic hydroxyl groups is 1. The van der Waals surface area contributed by atoms with Gasteiger partial charge in [-0.1, -0.05) is 17.3 Å². The number of anilines is 3. The van der Waals surface area contributed by atoms with Crippen LogP contribution in [-0.2, 0) is 0 Å². The Balaban J connectivity index is 1.48. The molecule has 0 atom stereocenters. The van der Waals surface area contributed by atoms with Gasteiger partial charge in [0.2, 0.25) is 0 Å². The first-order valence-corrected chi connectivity index (χ1v) is 9.18.